The molecule has 0 saturated heterocycles. The summed E-state index contributed by atoms with van der Waals surface area (Å²) < 4.78 is 0. The van der Waals surface area contributed by atoms with Crippen LogP contribution < -0.4 is 5.48 Å². The van der Waals surface area contributed by atoms with Crippen molar-refractivity contribution >= 4 is 5.91 Å². The van der Waals surface area contributed by atoms with E-state index >= 15 is 0 Å². The highest BCUT2D eigenvalue weighted by atomic mass is 16.5. The largest absolute Gasteiger partial charge is 0.289 e. The number of carbonyl (C=O) groups is 1. The summed E-state index contributed by atoms with van der Waals surface area (Å²) in [5.74, 6) is -0.273. The third kappa shape index (κ3) is 7.54. The summed E-state index contributed by atoms with van der Waals surface area (Å²) in [5, 5.41) is 8.18. The van der Waals surface area contributed by atoms with Crippen LogP contribution >= 0.6 is 0 Å². The lowest BCUT2D eigenvalue weighted by atomic mass is 10.1. The van der Waals surface area contributed by atoms with Crippen LogP contribution in [0.4, 0.5) is 0 Å². The van der Waals surface area contributed by atoms with Gasteiger partial charge in [0.2, 0.25) is 5.91 Å². The number of unbranched alkanes of at least 4 members (excludes halogenated alkanes) is 5. The normalized spacial score (nSPS) is 9.83. The average molecular weight is 173 g/mol. The molecule has 3 heteroatoms. The molecule has 0 aliphatic rings. The summed E-state index contributed by atoms with van der Waals surface area (Å²) in [5.41, 5.74) is 1.63. The van der Waals surface area contributed by atoms with Crippen LogP contribution in [-0.2, 0) is 4.79 Å². The maximum Gasteiger partial charge on any atom is 0.243 e. The van der Waals surface area contributed by atoms with E-state index in [2.05, 4.69) is 6.92 Å². The standard InChI is InChI=1S/C9H19NO2/c1-2-3-4-5-6-7-8-9(11)10-12/h12H,2-8H2,1H3,(H,10,11). The van der Waals surface area contributed by atoms with Gasteiger partial charge in [-0.2, -0.15) is 0 Å². The molecule has 0 aliphatic heterocycles. The monoisotopic (exact) mass is 173 g/mol. The van der Waals surface area contributed by atoms with E-state index in [-0.39, 0.29) is 5.91 Å². The second-order valence-electron chi connectivity index (χ2n) is 3.05. The van der Waals surface area contributed by atoms with Crippen molar-refractivity contribution in [2.45, 2.75) is 51.9 Å². The van der Waals surface area contributed by atoms with E-state index in [4.69, 9.17) is 5.21 Å². The molecule has 72 valence electrons. The molecule has 0 fully saturated rings. The van der Waals surface area contributed by atoms with Gasteiger partial charge in [0, 0.05) is 6.42 Å². The minimum absolute atomic E-state index is 0.273. The van der Waals surface area contributed by atoms with E-state index in [0.717, 1.165) is 12.8 Å². The molecule has 0 unspecified atom stereocenters. The van der Waals surface area contributed by atoms with Gasteiger partial charge >= 0.3 is 0 Å². The van der Waals surface area contributed by atoms with Crippen molar-refractivity contribution in [2.24, 2.45) is 0 Å². The van der Waals surface area contributed by atoms with Crippen LogP contribution in [0.25, 0.3) is 0 Å². The topological polar surface area (TPSA) is 49.3 Å². The molecule has 3 nitrogen and oxygen atoms in total. The molecule has 2 N–H and O–H groups in total. The fraction of sp³-hybridized carbons (Fsp3) is 0.889. The first-order valence-corrected chi connectivity index (χ1v) is 4.74. The second-order valence-corrected chi connectivity index (χ2v) is 3.05. The van der Waals surface area contributed by atoms with Crippen LogP contribution in [0.3, 0.4) is 0 Å². The maximum atomic E-state index is 10.5. The Bertz CT molecular complexity index is 115. The molecular formula is C9H19NO2. The quantitative estimate of drug-likeness (QED) is 0.352. The SMILES string of the molecule is CCCCCCCCC(=O)NO. The van der Waals surface area contributed by atoms with E-state index < -0.39 is 0 Å². The van der Waals surface area contributed by atoms with Crippen molar-refractivity contribution in [3.05, 3.63) is 0 Å². The average Bonchev–Trinajstić information content (AvgIpc) is 2.10. The summed E-state index contributed by atoms with van der Waals surface area (Å²) in [6, 6.07) is 0. The Kier molecular flexibility index (Phi) is 8.12. The molecule has 0 spiro atoms. The van der Waals surface area contributed by atoms with Crippen LogP contribution in [0.5, 0.6) is 0 Å². The van der Waals surface area contributed by atoms with Gasteiger partial charge in [0.25, 0.3) is 0 Å². The van der Waals surface area contributed by atoms with E-state index in [1.165, 1.54) is 25.7 Å². The van der Waals surface area contributed by atoms with Crippen LogP contribution in [0.1, 0.15) is 51.9 Å². The maximum absolute atomic E-state index is 10.5. The molecule has 0 aromatic rings. The van der Waals surface area contributed by atoms with Gasteiger partial charge in [-0.15, -0.1) is 0 Å². The van der Waals surface area contributed by atoms with Gasteiger partial charge in [-0.1, -0.05) is 39.0 Å². The minimum atomic E-state index is -0.273. The number of rotatable bonds is 7. The van der Waals surface area contributed by atoms with E-state index in [9.17, 15) is 4.79 Å². The summed E-state index contributed by atoms with van der Waals surface area (Å²) in [7, 11) is 0. The molecule has 0 radical (unpaired) electrons. The van der Waals surface area contributed by atoms with Crippen molar-refractivity contribution in [1.29, 1.82) is 0 Å². The highest BCUT2D eigenvalue weighted by Crippen LogP contribution is 2.06. The molecule has 0 aromatic carbocycles. The lowest BCUT2D eigenvalue weighted by Gasteiger charge is -1.99. The number of amides is 1. The molecule has 0 saturated carbocycles. The number of carbonyl (C=O) groups excluding carboxylic acids is 1. The third-order valence-corrected chi connectivity index (χ3v) is 1.88. The second kappa shape index (κ2) is 8.53. The van der Waals surface area contributed by atoms with Gasteiger partial charge in [0.15, 0.2) is 0 Å². The zero-order valence-electron chi connectivity index (χ0n) is 7.81. The highest BCUT2D eigenvalue weighted by molar-refractivity contribution is 5.74. The zero-order valence-corrected chi connectivity index (χ0v) is 7.81. The van der Waals surface area contributed by atoms with E-state index in [0.29, 0.717) is 6.42 Å². The molecule has 1 amide bonds. The Morgan fingerprint density at radius 3 is 2.33 bits per heavy atom. The summed E-state index contributed by atoms with van der Waals surface area (Å²) >= 11 is 0. The van der Waals surface area contributed by atoms with Gasteiger partial charge in [-0.3, -0.25) is 10.0 Å². The molecule has 0 aliphatic carbocycles. The van der Waals surface area contributed by atoms with Gasteiger partial charge < -0.3 is 0 Å². The number of nitrogens with one attached hydrogen (secondary N) is 1. The van der Waals surface area contributed by atoms with Crippen LogP contribution in [0, 0.1) is 0 Å². The Morgan fingerprint density at radius 1 is 1.17 bits per heavy atom. The first kappa shape index (κ1) is 11.4. The van der Waals surface area contributed by atoms with Gasteiger partial charge in [0.1, 0.15) is 0 Å². The fourth-order valence-electron chi connectivity index (χ4n) is 1.12. The van der Waals surface area contributed by atoms with Crippen molar-refractivity contribution < 1.29 is 10.0 Å². The lowest BCUT2D eigenvalue weighted by molar-refractivity contribution is -0.129. The van der Waals surface area contributed by atoms with E-state index in [1.807, 2.05) is 0 Å². The Labute approximate surface area is 74.1 Å². The molecule has 0 aromatic heterocycles. The minimum Gasteiger partial charge on any atom is -0.289 e. The molecule has 0 atom stereocenters. The van der Waals surface area contributed by atoms with Crippen molar-refractivity contribution in [2.75, 3.05) is 0 Å². The van der Waals surface area contributed by atoms with Crippen LogP contribution in [-0.4, -0.2) is 11.1 Å². The third-order valence-electron chi connectivity index (χ3n) is 1.88. The fourth-order valence-corrected chi connectivity index (χ4v) is 1.12. The molecule has 0 bridgehead atoms. The molecule has 0 rings (SSSR count). The lowest BCUT2D eigenvalue weighted by Crippen LogP contribution is -2.17. The number of hydroxylamine groups is 1. The van der Waals surface area contributed by atoms with Crippen molar-refractivity contribution in [3.63, 3.8) is 0 Å². The first-order valence-electron chi connectivity index (χ1n) is 4.74. The molecular weight excluding hydrogens is 154 g/mol. The van der Waals surface area contributed by atoms with Crippen LogP contribution in [0.15, 0.2) is 0 Å². The predicted octanol–water partition coefficient (Wildman–Crippen LogP) is 2.24. The van der Waals surface area contributed by atoms with Gasteiger partial charge in [-0.25, -0.2) is 5.48 Å². The first-order chi connectivity index (χ1) is 5.81. The van der Waals surface area contributed by atoms with Crippen molar-refractivity contribution in [3.8, 4) is 0 Å². The summed E-state index contributed by atoms with van der Waals surface area (Å²) in [6.45, 7) is 2.18. The van der Waals surface area contributed by atoms with Crippen LogP contribution in [0.2, 0.25) is 0 Å². The Morgan fingerprint density at radius 2 is 1.75 bits per heavy atom. The zero-order chi connectivity index (χ0) is 9.23. The van der Waals surface area contributed by atoms with Gasteiger partial charge in [0.05, 0.1) is 0 Å². The smallest absolute Gasteiger partial charge is 0.243 e. The highest BCUT2D eigenvalue weighted by Gasteiger charge is 1.97. The van der Waals surface area contributed by atoms with E-state index in [1.54, 1.807) is 5.48 Å². The number of hydrogen-bond donors (Lipinski definition) is 2. The number of hydrogen-bond acceptors (Lipinski definition) is 2. The molecule has 0 heterocycles. The summed E-state index contributed by atoms with van der Waals surface area (Å²) in [6.07, 6.45) is 7.42. The Hall–Kier alpha value is -0.570. The predicted molar refractivity (Wildman–Crippen MR) is 47.9 cm³/mol. The summed E-state index contributed by atoms with van der Waals surface area (Å²) in [4.78, 5) is 10.5. The Balaban J connectivity index is 2.95. The van der Waals surface area contributed by atoms with Crippen molar-refractivity contribution in [1.82, 2.24) is 5.48 Å². The van der Waals surface area contributed by atoms with Gasteiger partial charge in [-0.05, 0) is 6.42 Å². The molecule has 12 heavy (non-hydrogen) atoms.